The van der Waals surface area contributed by atoms with Gasteiger partial charge in [-0.25, -0.2) is 0 Å². The molecule has 0 bridgehead atoms. The smallest absolute Gasteiger partial charge is 0.279 e. The van der Waals surface area contributed by atoms with E-state index < -0.39 is 17.9 Å². The largest absolute Gasteiger partial charge is 0.489 e. The van der Waals surface area contributed by atoms with Gasteiger partial charge in [0.15, 0.2) is 17.6 Å². The Kier molecular flexibility index (Phi) is 7.05. The second-order valence-electron chi connectivity index (χ2n) is 7.13. The van der Waals surface area contributed by atoms with Gasteiger partial charge in [0.05, 0.1) is 24.7 Å². The van der Waals surface area contributed by atoms with E-state index in [2.05, 4.69) is 10.9 Å². The molecule has 160 valence electrons. The molecule has 1 aliphatic rings. The van der Waals surface area contributed by atoms with Crippen molar-refractivity contribution in [2.24, 2.45) is 0 Å². The van der Waals surface area contributed by atoms with E-state index >= 15 is 0 Å². The summed E-state index contributed by atoms with van der Waals surface area (Å²) in [6, 6.07) is 9.02. The van der Waals surface area contributed by atoms with Gasteiger partial charge in [0, 0.05) is 6.42 Å². The number of hydrogen-bond acceptors (Lipinski definition) is 5. The number of amides is 2. The molecule has 0 aromatic heterocycles. The molecule has 1 heterocycles. The second-order valence-corrected chi connectivity index (χ2v) is 7.53. The lowest BCUT2D eigenvalue weighted by molar-refractivity contribution is -0.132. The highest BCUT2D eigenvalue weighted by atomic mass is 35.5. The van der Waals surface area contributed by atoms with E-state index in [1.165, 1.54) is 0 Å². The summed E-state index contributed by atoms with van der Waals surface area (Å²) in [7, 11) is 0. The van der Waals surface area contributed by atoms with Crippen molar-refractivity contribution >= 4 is 23.4 Å². The number of fused-ring (bicyclic) bond motifs is 1. The summed E-state index contributed by atoms with van der Waals surface area (Å²) in [5, 5.41) is 0.386. The SMILES string of the molecule is Cc1cccc(OC(C)C(=O)NNC(=O)Cc2cc(Cl)c3c(c2)OCCCO3)c1C. The maximum absolute atomic E-state index is 12.3. The molecule has 0 saturated carbocycles. The van der Waals surface area contributed by atoms with Gasteiger partial charge in [-0.15, -0.1) is 0 Å². The molecule has 0 saturated heterocycles. The average Bonchev–Trinajstić information content (AvgIpc) is 2.95. The van der Waals surface area contributed by atoms with Crippen LogP contribution in [0, 0.1) is 13.8 Å². The summed E-state index contributed by atoms with van der Waals surface area (Å²) in [6.07, 6.45) is -0.00351. The lowest BCUT2D eigenvalue weighted by atomic mass is 10.1. The van der Waals surface area contributed by atoms with Gasteiger partial charge in [0.1, 0.15) is 5.75 Å². The van der Waals surface area contributed by atoms with Crippen LogP contribution in [0.15, 0.2) is 30.3 Å². The number of benzene rings is 2. The van der Waals surface area contributed by atoms with E-state index in [9.17, 15) is 9.59 Å². The number of ether oxygens (including phenoxy) is 3. The molecule has 0 aliphatic carbocycles. The first-order valence-electron chi connectivity index (χ1n) is 9.74. The summed E-state index contributed by atoms with van der Waals surface area (Å²) in [5.74, 6) is 0.783. The predicted octanol–water partition coefficient (Wildman–Crippen LogP) is 3.28. The molecule has 1 unspecified atom stereocenters. The first-order valence-corrected chi connectivity index (χ1v) is 10.1. The molecular formula is C22H25ClN2O5. The summed E-state index contributed by atoms with van der Waals surface area (Å²) in [6.45, 7) is 6.57. The minimum atomic E-state index is -0.779. The van der Waals surface area contributed by atoms with Crippen LogP contribution in [0.4, 0.5) is 0 Å². The molecule has 2 aromatic rings. The van der Waals surface area contributed by atoms with Crippen molar-refractivity contribution in [1.82, 2.24) is 10.9 Å². The molecule has 3 rings (SSSR count). The van der Waals surface area contributed by atoms with Crippen LogP contribution in [0.3, 0.4) is 0 Å². The Bertz CT molecular complexity index is 947. The second kappa shape index (κ2) is 9.71. The lowest BCUT2D eigenvalue weighted by Crippen LogP contribution is -2.47. The zero-order valence-corrected chi connectivity index (χ0v) is 18.0. The van der Waals surface area contributed by atoms with Gasteiger partial charge < -0.3 is 14.2 Å². The molecular weight excluding hydrogens is 408 g/mol. The van der Waals surface area contributed by atoms with Gasteiger partial charge in [-0.3, -0.25) is 20.4 Å². The summed E-state index contributed by atoms with van der Waals surface area (Å²) >= 11 is 6.25. The van der Waals surface area contributed by atoms with Gasteiger partial charge in [-0.05, 0) is 55.7 Å². The zero-order valence-electron chi connectivity index (χ0n) is 17.2. The van der Waals surface area contributed by atoms with Crippen molar-refractivity contribution in [3.05, 3.63) is 52.0 Å². The molecule has 7 nitrogen and oxygen atoms in total. The fourth-order valence-electron chi connectivity index (χ4n) is 2.94. The average molecular weight is 433 g/mol. The van der Waals surface area contributed by atoms with Crippen LogP contribution < -0.4 is 25.1 Å². The summed E-state index contributed by atoms with van der Waals surface area (Å²) in [5.41, 5.74) is 7.48. The highest BCUT2D eigenvalue weighted by Gasteiger charge is 2.19. The monoisotopic (exact) mass is 432 g/mol. The number of rotatable bonds is 5. The maximum Gasteiger partial charge on any atom is 0.279 e. The number of hydrazine groups is 1. The quantitative estimate of drug-likeness (QED) is 0.708. The Labute approximate surface area is 180 Å². The van der Waals surface area contributed by atoms with Crippen LogP contribution in [0.1, 0.15) is 30.0 Å². The van der Waals surface area contributed by atoms with Crippen LogP contribution in [0.25, 0.3) is 0 Å². The normalized spacial score (nSPS) is 13.7. The molecule has 1 aliphatic heterocycles. The van der Waals surface area contributed by atoms with Gasteiger partial charge in [-0.2, -0.15) is 0 Å². The lowest BCUT2D eigenvalue weighted by Gasteiger charge is -2.17. The Morgan fingerprint density at radius 3 is 2.73 bits per heavy atom. The molecule has 1 atom stereocenters. The fraction of sp³-hybridized carbons (Fsp3) is 0.364. The topological polar surface area (TPSA) is 85.9 Å². The minimum Gasteiger partial charge on any atom is -0.489 e. The van der Waals surface area contributed by atoms with Crippen LogP contribution >= 0.6 is 11.6 Å². The van der Waals surface area contributed by atoms with E-state index in [0.717, 1.165) is 17.5 Å². The highest BCUT2D eigenvalue weighted by Crippen LogP contribution is 2.38. The van der Waals surface area contributed by atoms with Crippen molar-refractivity contribution in [1.29, 1.82) is 0 Å². The fourth-order valence-corrected chi connectivity index (χ4v) is 3.23. The molecule has 2 N–H and O–H groups in total. The molecule has 0 spiro atoms. The van der Waals surface area contributed by atoms with E-state index in [0.29, 0.717) is 41.0 Å². The third kappa shape index (κ3) is 5.36. The third-order valence-corrected chi connectivity index (χ3v) is 5.06. The van der Waals surface area contributed by atoms with E-state index in [4.69, 9.17) is 25.8 Å². The number of halogens is 1. The predicted molar refractivity (Wildman–Crippen MR) is 113 cm³/mol. The number of nitrogens with one attached hydrogen (secondary N) is 2. The van der Waals surface area contributed by atoms with Gasteiger partial charge in [-0.1, -0.05) is 23.7 Å². The van der Waals surface area contributed by atoms with Crippen LogP contribution in [-0.4, -0.2) is 31.1 Å². The van der Waals surface area contributed by atoms with Gasteiger partial charge in [0.2, 0.25) is 5.91 Å². The number of carbonyl (C=O) groups is 2. The standard InChI is InChI=1S/C22H25ClN2O5/c1-13-6-4-7-18(14(13)2)30-15(3)22(27)25-24-20(26)12-16-10-17(23)21-19(11-16)28-8-5-9-29-21/h4,6-7,10-11,15H,5,8-9,12H2,1-3H3,(H,24,26)(H,25,27). The van der Waals surface area contributed by atoms with Crippen molar-refractivity contribution in [2.45, 2.75) is 39.7 Å². The van der Waals surface area contributed by atoms with E-state index in [1.807, 2.05) is 26.0 Å². The van der Waals surface area contributed by atoms with Crippen molar-refractivity contribution in [3.63, 3.8) is 0 Å². The molecule has 0 radical (unpaired) electrons. The molecule has 2 amide bonds. The van der Waals surface area contributed by atoms with Crippen molar-refractivity contribution in [2.75, 3.05) is 13.2 Å². The van der Waals surface area contributed by atoms with Crippen molar-refractivity contribution in [3.8, 4) is 17.2 Å². The van der Waals surface area contributed by atoms with Gasteiger partial charge in [0.25, 0.3) is 5.91 Å². The number of aryl methyl sites for hydroxylation is 1. The first-order chi connectivity index (χ1) is 14.3. The molecule has 2 aromatic carbocycles. The number of carbonyl (C=O) groups excluding carboxylic acids is 2. The zero-order chi connectivity index (χ0) is 21.7. The van der Waals surface area contributed by atoms with Crippen LogP contribution in [-0.2, 0) is 16.0 Å². The minimum absolute atomic E-state index is 0.0167. The summed E-state index contributed by atoms with van der Waals surface area (Å²) < 4.78 is 16.9. The molecule has 0 fully saturated rings. The van der Waals surface area contributed by atoms with Crippen molar-refractivity contribution < 1.29 is 23.8 Å². The van der Waals surface area contributed by atoms with Crippen LogP contribution in [0.5, 0.6) is 17.2 Å². The Balaban J connectivity index is 1.54. The van der Waals surface area contributed by atoms with E-state index in [-0.39, 0.29) is 6.42 Å². The van der Waals surface area contributed by atoms with Gasteiger partial charge >= 0.3 is 0 Å². The Morgan fingerprint density at radius 1 is 1.17 bits per heavy atom. The van der Waals surface area contributed by atoms with Crippen LogP contribution in [0.2, 0.25) is 5.02 Å². The molecule has 30 heavy (non-hydrogen) atoms. The maximum atomic E-state index is 12.3. The first kappa shape index (κ1) is 21.8. The third-order valence-electron chi connectivity index (χ3n) is 4.78. The summed E-state index contributed by atoms with van der Waals surface area (Å²) in [4.78, 5) is 24.5. The number of hydrogen-bond donors (Lipinski definition) is 2. The molecule has 8 heteroatoms. The highest BCUT2D eigenvalue weighted by molar-refractivity contribution is 6.32. The van der Waals surface area contributed by atoms with E-state index in [1.54, 1.807) is 25.1 Å². The Hall–Kier alpha value is -2.93. The Morgan fingerprint density at radius 2 is 1.93 bits per heavy atom.